The first kappa shape index (κ1) is 15.2. The molecule has 1 aromatic rings. The first-order valence-electron chi connectivity index (χ1n) is 7.44. The molecule has 1 atom stereocenters. The van der Waals surface area contributed by atoms with Gasteiger partial charge in [0, 0.05) is 50.6 Å². The van der Waals surface area contributed by atoms with Crippen LogP contribution in [0.5, 0.6) is 0 Å². The van der Waals surface area contributed by atoms with Crippen molar-refractivity contribution in [3.63, 3.8) is 0 Å². The third-order valence-corrected chi connectivity index (χ3v) is 3.54. The van der Waals surface area contributed by atoms with E-state index in [-0.39, 0.29) is 0 Å². The topological polar surface area (TPSA) is 50.3 Å². The molecule has 20 heavy (non-hydrogen) atoms. The van der Waals surface area contributed by atoms with Crippen molar-refractivity contribution in [1.29, 1.82) is 0 Å². The predicted molar refractivity (Wildman–Crippen MR) is 80.8 cm³/mol. The number of nitrogens with one attached hydrogen (secondary N) is 1. The third-order valence-electron chi connectivity index (χ3n) is 3.54. The lowest BCUT2D eigenvalue weighted by Gasteiger charge is -2.16. The van der Waals surface area contributed by atoms with Gasteiger partial charge >= 0.3 is 0 Å². The van der Waals surface area contributed by atoms with Crippen LogP contribution >= 0.6 is 0 Å². The molecular formula is C15H26N4O. The number of hydrogen-bond acceptors (Lipinski definition) is 5. The predicted octanol–water partition coefficient (Wildman–Crippen LogP) is 1.69. The zero-order valence-corrected chi connectivity index (χ0v) is 12.8. The average Bonchev–Trinajstić information content (AvgIpc) is 2.88. The Balaban J connectivity index is 1.82. The van der Waals surface area contributed by atoms with Crippen molar-refractivity contribution < 1.29 is 4.74 Å². The van der Waals surface area contributed by atoms with Gasteiger partial charge in [-0.2, -0.15) is 0 Å². The molecule has 1 aliphatic rings. The lowest BCUT2D eigenvalue weighted by molar-refractivity contribution is 0.161. The van der Waals surface area contributed by atoms with Crippen molar-refractivity contribution in [2.75, 3.05) is 38.3 Å². The summed E-state index contributed by atoms with van der Waals surface area (Å²) in [5.74, 6) is 2.12. The van der Waals surface area contributed by atoms with Crippen molar-refractivity contribution >= 4 is 5.95 Å². The average molecular weight is 278 g/mol. The van der Waals surface area contributed by atoms with Gasteiger partial charge in [-0.05, 0) is 18.9 Å². The number of anilines is 1. The molecule has 1 fully saturated rings. The molecule has 1 aliphatic heterocycles. The summed E-state index contributed by atoms with van der Waals surface area (Å²) in [6.07, 6.45) is 5.02. The van der Waals surface area contributed by atoms with Gasteiger partial charge in [0.2, 0.25) is 5.95 Å². The molecule has 0 radical (unpaired) electrons. The molecule has 0 spiro atoms. The summed E-state index contributed by atoms with van der Waals surface area (Å²) in [5, 5.41) is 3.40. The SMILES string of the molecule is COCC1CCN(c2ncc(CNCC(C)C)cn2)C1. The molecular weight excluding hydrogens is 252 g/mol. The largest absolute Gasteiger partial charge is 0.384 e. The molecule has 0 bridgehead atoms. The highest BCUT2D eigenvalue weighted by Gasteiger charge is 2.23. The van der Waals surface area contributed by atoms with Crippen LogP contribution in [0.1, 0.15) is 25.8 Å². The van der Waals surface area contributed by atoms with Crippen LogP contribution in [0.4, 0.5) is 5.95 Å². The highest BCUT2D eigenvalue weighted by Crippen LogP contribution is 2.20. The third kappa shape index (κ3) is 4.42. The number of rotatable bonds is 7. The Morgan fingerprint density at radius 3 is 2.80 bits per heavy atom. The molecule has 0 aliphatic carbocycles. The zero-order chi connectivity index (χ0) is 14.4. The van der Waals surface area contributed by atoms with Crippen LogP contribution in [0.2, 0.25) is 0 Å². The van der Waals surface area contributed by atoms with Crippen LogP contribution in [0, 0.1) is 11.8 Å². The standard InChI is InChI=1S/C15H26N4O/c1-12(2)6-16-7-14-8-17-15(18-9-14)19-5-4-13(10-19)11-20-3/h8-9,12-13,16H,4-7,10-11H2,1-3H3. The number of ether oxygens (including phenoxy) is 1. The Kier molecular flexibility index (Phi) is 5.73. The molecule has 2 heterocycles. The number of nitrogens with zero attached hydrogens (tertiary/aromatic N) is 3. The Bertz CT molecular complexity index is 393. The van der Waals surface area contributed by atoms with Gasteiger partial charge in [0.05, 0.1) is 6.61 Å². The van der Waals surface area contributed by atoms with E-state index in [1.54, 1.807) is 7.11 Å². The summed E-state index contributed by atoms with van der Waals surface area (Å²) in [6.45, 7) is 9.12. The Morgan fingerprint density at radius 2 is 2.15 bits per heavy atom. The minimum Gasteiger partial charge on any atom is -0.384 e. The minimum atomic E-state index is 0.607. The van der Waals surface area contributed by atoms with E-state index in [0.29, 0.717) is 11.8 Å². The van der Waals surface area contributed by atoms with Gasteiger partial charge in [-0.1, -0.05) is 13.8 Å². The molecule has 5 heteroatoms. The van der Waals surface area contributed by atoms with E-state index in [1.165, 1.54) is 0 Å². The van der Waals surface area contributed by atoms with Gasteiger partial charge in [0.15, 0.2) is 0 Å². The lowest BCUT2D eigenvalue weighted by Crippen LogP contribution is -2.23. The van der Waals surface area contributed by atoms with Crippen molar-refractivity contribution in [3.8, 4) is 0 Å². The second-order valence-electron chi connectivity index (χ2n) is 5.97. The number of hydrogen-bond donors (Lipinski definition) is 1. The van der Waals surface area contributed by atoms with Crippen molar-refractivity contribution in [2.45, 2.75) is 26.8 Å². The van der Waals surface area contributed by atoms with E-state index in [1.807, 2.05) is 12.4 Å². The van der Waals surface area contributed by atoms with E-state index in [9.17, 15) is 0 Å². The fraction of sp³-hybridized carbons (Fsp3) is 0.733. The molecule has 1 aromatic heterocycles. The monoisotopic (exact) mass is 278 g/mol. The van der Waals surface area contributed by atoms with Crippen LogP contribution in [0.3, 0.4) is 0 Å². The Morgan fingerprint density at radius 1 is 1.40 bits per heavy atom. The van der Waals surface area contributed by atoms with Gasteiger partial charge in [-0.15, -0.1) is 0 Å². The summed E-state index contributed by atoms with van der Waals surface area (Å²) in [7, 11) is 1.76. The van der Waals surface area contributed by atoms with Crippen LogP contribution in [0.25, 0.3) is 0 Å². The molecule has 2 rings (SSSR count). The first-order chi connectivity index (χ1) is 9.69. The molecule has 112 valence electrons. The Hall–Kier alpha value is -1.20. The lowest BCUT2D eigenvalue weighted by atomic mass is 10.1. The molecule has 0 aromatic carbocycles. The second-order valence-corrected chi connectivity index (χ2v) is 5.97. The van der Waals surface area contributed by atoms with Gasteiger partial charge in [0.25, 0.3) is 0 Å². The molecule has 0 amide bonds. The van der Waals surface area contributed by atoms with E-state index < -0.39 is 0 Å². The van der Waals surface area contributed by atoms with E-state index in [2.05, 4.69) is 34.0 Å². The normalized spacial score (nSPS) is 19.0. The molecule has 1 saturated heterocycles. The molecule has 1 N–H and O–H groups in total. The summed E-state index contributed by atoms with van der Waals surface area (Å²) >= 11 is 0. The van der Waals surface area contributed by atoms with Crippen molar-refractivity contribution in [2.24, 2.45) is 11.8 Å². The summed E-state index contributed by atoms with van der Waals surface area (Å²) in [6, 6.07) is 0. The quantitative estimate of drug-likeness (QED) is 0.822. The van der Waals surface area contributed by atoms with Gasteiger partial charge in [-0.25, -0.2) is 9.97 Å². The van der Waals surface area contributed by atoms with Crippen LogP contribution < -0.4 is 10.2 Å². The molecule has 0 saturated carbocycles. The zero-order valence-electron chi connectivity index (χ0n) is 12.8. The summed E-state index contributed by atoms with van der Waals surface area (Å²) < 4.78 is 5.22. The van der Waals surface area contributed by atoms with Crippen molar-refractivity contribution in [3.05, 3.63) is 18.0 Å². The summed E-state index contributed by atoms with van der Waals surface area (Å²) in [4.78, 5) is 11.2. The maximum Gasteiger partial charge on any atom is 0.225 e. The van der Waals surface area contributed by atoms with Crippen LogP contribution in [-0.2, 0) is 11.3 Å². The summed E-state index contributed by atoms with van der Waals surface area (Å²) in [5.41, 5.74) is 1.14. The van der Waals surface area contributed by atoms with Crippen molar-refractivity contribution in [1.82, 2.24) is 15.3 Å². The minimum absolute atomic E-state index is 0.607. The maximum absolute atomic E-state index is 5.22. The fourth-order valence-electron chi connectivity index (χ4n) is 2.49. The van der Waals surface area contributed by atoms with Gasteiger partial charge < -0.3 is 15.0 Å². The van der Waals surface area contributed by atoms with Crippen LogP contribution in [-0.4, -0.2) is 43.3 Å². The van der Waals surface area contributed by atoms with E-state index in [4.69, 9.17) is 4.74 Å². The highest BCUT2D eigenvalue weighted by molar-refractivity contribution is 5.31. The molecule has 1 unspecified atom stereocenters. The second kappa shape index (κ2) is 7.55. The van der Waals surface area contributed by atoms with Crippen LogP contribution in [0.15, 0.2) is 12.4 Å². The Labute approximate surface area is 121 Å². The molecule has 5 nitrogen and oxygen atoms in total. The van der Waals surface area contributed by atoms with E-state index >= 15 is 0 Å². The van der Waals surface area contributed by atoms with Gasteiger partial charge in [0.1, 0.15) is 0 Å². The fourth-order valence-corrected chi connectivity index (χ4v) is 2.49. The smallest absolute Gasteiger partial charge is 0.225 e. The van der Waals surface area contributed by atoms with Gasteiger partial charge in [-0.3, -0.25) is 0 Å². The number of methoxy groups -OCH3 is 1. The van der Waals surface area contributed by atoms with E-state index in [0.717, 1.165) is 50.7 Å². The number of aromatic nitrogens is 2. The maximum atomic E-state index is 5.22. The first-order valence-corrected chi connectivity index (χ1v) is 7.44. The highest BCUT2D eigenvalue weighted by atomic mass is 16.5.